The number of aromatic nitrogens is 2. The summed E-state index contributed by atoms with van der Waals surface area (Å²) in [6, 6.07) is 6.38. The van der Waals surface area contributed by atoms with E-state index in [0.29, 0.717) is 4.73 Å². The molecule has 0 atom stereocenters. The van der Waals surface area contributed by atoms with Gasteiger partial charge in [0, 0.05) is 30.8 Å². The number of rotatable bonds is 2. The Bertz CT molecular complexity index is 655. The first-order chi connectivity index (χ1) is 9.63. The number of hydrogen-bond donors (Lipinski definition) is 2. The minimum Gasteiger partial charge on any atom is -0.340 e. The Morgan fingerprint density at radius 3 is 2.90 bits per heavy atom. The molecule has 0 bridgehead atoms. The molecule has 2 aromatic rings. The largest absolute Gasteiger partial charge is 0.340 e. The first-order valence-corrected chi connectivity index (χ1v) is 7.53. The third-order valence-electron chi connectivity index (χ3n) is 3.54. The number of benzene rings is 1. The number of nitrogens with zero attached hydrogens (tertiary/aromatic N) is 2. The zero-order chi connectivity index (χ0) is 14.1. The average Bonchev–Trinajstić information content (AvgIpc) is 2.41. The fraction of sp³-hybridized carbons (Fsp3) is 0.333. The molecule has 0 radical (unpaired) electrons. The quantitative estimate of drug-likeness (QED) is 0.829. The third-order valence-corrected chi connectivity index (χ3v) is 3.90. The summed E-state index contributed by atoms with van der Waals surface area (Å²) in [5.41, 5.74) is 5.86. The van der Waals surface area contributed by atoms with Gasteiger partial charge < -0.3 is 10.6 Å². The summed E-state index contributed by atoms with van der Waals surface area (Å²) in [5.74, 6) is 0.890. The van der Waals surface area contributed by atoms with Crippen LogP contribution in [0.3, 0.4) is 0 Å². The highest BCUT2D eigenvalue weighted by atomic mass is 79.9. The van der Waals surface area contributed by atoms with Gasteiger partial charge in [-0.25, -0.2) is 9.97 Å². The van der Waals surface area contributed by atoms with Crippen molar-refractivity contribution in [1.82, 2.24) is 15.3 Å². The molecule has 20 heavy (non-hydrogen) atoms. The summed E-state index contributed by atoms with van der Waals surface area (Å²) >= 11 is 3.40. The van der Waals surface area contributed by atoms with Crippen molar-refractivity contribution >= 4 is 27.4 Å². The molecule has 0 fully saturated rings. The summed E-state index contributed by atoms with van der Waals surface area (Å²) in [4.78, 5) is 8.98. The van der Waals surface area contributed by atoms with Gasteiger partial charge in [0.1, 0.15) is 5.82 Å². The van der Waals surface area contributed by atoms with Crippen LogP contribution >= 0.6 is 15.9 Å². The average molecular weight is 333 g/mol. The fourth-order valence-corrected chi connectivity index (χ4v) is 2.89. The van der Waals surface area contributed by atoms with Crippen LogP contribution in [0.25, 0.3) is 0 Å². The zero-order valence-corrected chi connectivity index (χ0v) is 13.2. The summed E-state index contributed by atoms with van der Waals surface area (Å²) in [6.07, 6.45) is 0.942. The van der Waals surface area contributed by atoms with E-state index in [1.807, 2.05) is 0 Å². The highest BCUT2D eigenvalue weighted by Crippen LogP contribution is 2.27. The fourth-order valence-electron chi connectivity index (χ4n) is 2.50. The van der Waals surface area contributed by atoms with Gasteiger partial charge in [-0.15, -0.1) is 0 Å². The molecule has 1 aromatic heterocycles. The molecule has 1 aromatic carbocycles. The molecule has 1 aliphatic heterocycles. The van der Waals surface area contributed by atoms with Gasteiger partial charge in [0.2, 0.25) is 0 Å². The molecular formula is C15H17BrN4. The molecule has 0 saturated heterocycles. The molecule has 2 N–H and O–H groups in total. The standard InChI is InChI=1S/C15H17BrN4/c1-9-3-4-12(10(2)7-9)18-14-11-8-17-6-5-13(11)19-15(16)20-14/h3-4,7,17H,5-6,8H2,1-2H3,(H,18,19,20). The van der Waals surface area contributed by atoms with E-state index in [-0.39, 0.29) is 0 Å². The first kappa shape index (κ1) is 13.5. The van der Waals surface area contributed by atoms with Crippen molar-refractivity contribution in [3.05, 3.63) is 45.3 Å². The molecule has 0 spiro atoms. The van der Waals surface area contributed by atoms with Crippen molar-refractivity contribution in [2.45, 2.75) is 26.8 Å². The van der Waals surface area contributed by atoms with Gasteiger partial charge in [-0.3, -0.25) is 0 Å². The van der Waals surface area contributed by atoms with Crippen LogP contribution in [0.2, 0.25) is 0 Å². The van der Waals surface area contributed by atoms with Crippen LogP contribution in [0.15, 0.2) is 22.9 Å². The van der Waals surface area contributed by atoms with Crippen LogP contribution in [0.4, 0.5) is 11.5 Å². The lowest BCUT2D eigenvalue weighted by Crippen LogP contribution is -2.26. The number of halogens is 1. The van der Waals surface area contributed by atoms with Gasteiger partial charge >= 0.3 is 0 Å². The van der Waals surface area contributed by atoms with Gasteiger partial charge in [0.25, 0.3) is 0 Å². The van der Waals surface area contributed by atoms with E-state index in [1.165, 1.54) is 16.7 Å². The molecule has 0 unspecified atom stereocenters. The molecular weight excluding hydrogens is 316 g/mol. The predicted octanol–water partition coefficient (Wildman–Crippen LogP) is 3.25. The van der Waals surface area contributed by atoms with Crippen molar-refractivity contribution in [3.8, 4) is 0 Å². The summed E-state index contributed by atoms with van der Waals surface area (Å²) in [6.45, 7) is 6.00. The molecule has 4 nitrogen and oxygen atoms in total. The molecule has 104 valence electrons. The minimum absolute atomic E-state index is 0.644. The number of fused-ring (bicyclic) bond motifs is 1. The molecule has 1 aliphatic rings. The van der Waals surface area contributed by atoms with Gasteiger partial charge in [0.15, 0.2) is 4.73 Å². The third kappa shape index (κ3) is 2.69. The molecule has 2 heterocycles. The van der Waals surface area contributed by atoms with E-state index in [0.717, 1.165) is 36.7 Å². The second-order valence-corrected chi connectivity index (χ2v) is 5.85. The lowest BCUT2D eigenvalue weighted by Gasteiger charge is -2.20. The van der Waals surface area contributed by atoms with Crippen LogP contribution in [-0.2, 0) is 13.0 Å². The van der Waals surface area contributed by atoms with Crippen molar-refractivity contribution in [2.24, 2.45) is 0 Å². The zero-order valence-electron chi connectivity index (χ0n) is 11.6. The molecule has 0 amide bonds. The van der Waals surface area contributed by atoms with E-state index >= 15 is 0 Å². The molecule has 3 rings (SSSR count). The van der Waals surface area contributed by atoms with Crippen molar-refractivity contribution in [3.63, 3.8) is 0 Å². The SMILES string of the molecule is Cc1ccc(Nc2nc(Br)nc3c2CNCC3)c(C)c1. The highest BCUT2D eigenvalue weighted by molar-refractivity contribution is 9.10. The Balaban J connectivity index is 2.00. The van der Waals surface area contributed by atoms with Gasteiger partial charge in [-0.2, -0.15) is 0 Å². The van der Waals surface area contributed by atoms with E-state index in [2.05, 4.69) is 68.6 Å². The maximum Gasteiger partial charge on any atom is 0.198 e. The van der Waals surface area contributed by atoms with Gasteiger partial charge in [0.05, 0.1) is 5.69 Å². The number of hydrogen-bond acceptors (Lipinski definition) is 4. The monoisotopic (exact) mass is 332 g/mol. The summed E-state index contributed by atoms with van der Waals surface area (Å²) < 4.78 is 0.644. The number of anilines is 2. The molecule has 0 saturated carbocycles. The van der Waals surface area contributed by atoms with Crippen LogP contribution < -0.4 is 10.6 Å². The maximum atomic E-state index is 4.50. The van der Waals surface area contributed by atoms with Crippen LogP contribution in [-0.4, -0.2) is 16.5 Å². The maximum absolute atomic E-state index is 4.50. The van der Waals surface area contributed by atoms with Crippen molar-refractivity contribution < 1.29 is 0 Å². The van der Waals surface area contributed by atoms with Gasteiger partial charge in [-0.05, 0) is 41.4 Å². The summed E-state index contributed by atoms with van der Waals surface area (Å²) in [7, 11) is 0. The number of nitrogens with one attached hydrogen (secondary N) is 2. The normalized spacial score (nSPS) is 13.9. The lowest BCUT2D eigenvalue weighted by molar-refractivity contribution is 0.626. The number of aryl methyl sites for hydroxylation is 2. The molecule has 0 aliphatic carbocycles. The van der Waals surface area contributed by atoms with Gasteiger partial charge in [-0.1, -0.05) is 17.7 Å². The van der Waals surface area contributed by atoms with E-state index < -0.39 is 0 Å². The topological polar surface area (TPSA) is 49.8 Å². The van der Waals surface area contributed by atoms with Crippen LogP contribution in [0.5, 0.6) is 0 Å². The second-order valence-electron chi connectivity index (χ2n) is 5.14. The Kier molecular flexibility index (Phi) is 3.72. The summed E-state index contributed by atoms with van der Waals surface area (Å²) in [5, 5.41) is 6.82. The van der Waals surface area contributed by atoms with E-state index in [9.17, 15) is 0 Å². The molecule has 5 heteroatoms. The van der Waals surface area contributed by atoms with E-state index in [4.69, 9.17) is 0 Å². The minimum atomic E-state index is 0.644. The van der Waals surface area contributed by atoms with Crippen molar-refractivity contribution in [1.29, 1.82) is 0 Å². The lowest BCUT2D eigenvalue weighted by atomic mass is 10.1. The predicted molar refractivity (Wildman–Crippen MR) is 84.3 cm³/mol. The Morgan fingerprint density at radius 1 is 1.25 bits per heavy atom. The Labute approximate surface area is 127 Å². The highest BCUT2D eigenvalue weighted by Gasteiger charge is 2.17. The smallest absolute Gasteiger partial charge is 0.198 e. The second kappa shape index (κ2) is 5.50. The first-order valence-electron chi connectivity index (χ1n) is 6.74. The van der Waals surface area contributed by atoms with E-state index in [1.54, 1.807) is 0 Å². The van der Waals surface area contributed by atoms with Crippen LogP contribution in [0, 0.1) is 13.8 Å². The van der Waals surface area contributed by atoms with Crippen LogP contribution in [0.1, 0.15) is 22.4 Å². The Hall–Kier alpha value is -1.46. The Morgan fingerprint density at radius 2 is 2.10 bits per heavy atom. The van der Waals surface area contributed by atoms with Crippen molar-refractivity contribution in [2.75, 3.05) is 11.9 Å².